The van der Waals surface area contributed by atoms with Gasteiger partial charge in [0.05, 0.1) is 23.1 Å². The van der Waals surface area contributed by atoms with E-state index >= 15 is 0 Å². The number of benzene rings is 1. The number of amidine groups is 1. The van der Waals surface area contributed by atoms with Crippen LogP contribution in [0.1, 0.15) is 39.2 Å². The second kappa shape index (κ2) is 6.82. The molecule has 1 aromatic rings. The Balaban J connectivity index is 2.14. The maximum absolute atomic E-state index is 13.5. The van der Waals surface area contributed by atoms with Crippen LogP contribution < -0.4 is 0 Å². The fraction of sp³-hybridized carbons (Fsp3) is 0.550. The number of rotatable bonds is 4. The first-order chi connectivity index (χ1) is 12.2. The summed E-state index contributed by atoms with van der Waals surface area (Å²) in [6, 6.07) is 6.76. The minimum atomic E-state index is -3.70. The zero-order chi connectivity index (χ0) is 19.1. The predicted molar refractivity (Wildman–Crippen MR) is 104 cm³/mol. The van der Waals surface area contributed by atoms with Crippen LogP contribution in [0.3, 0.4) is 0 Å². The quantitative estimate of drug-likeness (QED) is 0.755. The molecule has 2 bridgehead atoms. The van der Waals surface area contributed by atoms with E-state index in [1.807, 2.05) is 19.1 Å². The van der Waals surface area contributed by atoms with Crippen LogP contribution in [0.5, 0.6) is 0 Å². The van der Waals surface area contributed by atoms with E-state index in [1.54, 1.807) is 26.2 Å². The standard InChI is InChI=1S/C20H28N2O3S/c1-14-6-10-18(11-7-14)26(23,24)22-15(2)21-20(3,4)17-9-8-16(13-25-5)19(22)12-17/h6-8,10-11,17,19H,9,12-13H2,1-5H3/t17-,19-/m0/s1. The third kappa shape index (κ3) is 3.32. The number of sulfonamides is 1. The summed E-state index contributed by atoms with van der Waals surface area (Å²) >= 11 is 0. The Bertz CT molecular complexity index is 838. The maximum atomic E-state index is 13.5. The van der Waals surface area contributed by atoms with Gasteiger partial charge in [0.2, 0.25) is 0 Å². The lowest BCUT2D eigenvalue weighted by atomic mass is 9.76. The fourth-order valence-electron chi connectivity index (χ4n) is 4.04. The van der Waals surface area contributed by atoms with Gasteiger partial charge in [-0.1, -0.05) is 23.8 Å². The minimum Gasteiger partial charge on any atom is -0.380 e. The molecule has 0 saturated heterocycles. The summed E-state index contributed by atoms with van der Waals surface area (Å²) < 4.78 is 33.9. The molecule has 0 unspecified atom stereocenters. The van der Waals surface area contributed by atoms with Crippen molar-refractivity contribution >= 4 is 15.9 Å². The molecule has 0 saturated carbocycles. The molecule has 26 heavy (non-hydrogen) atoms. The number of aliphatic imine (C=N–C) groups is 1. The summed E-state index contributed by atoms with van der Waals surface area (Å²) in [6.45, 7) is 8.37. The largest absolute Gasteiger partial charge is 0.380 e. The van der Waals surface area contributed by atoms with Crippen LogP contribution in [0.2, 0.25) is 0 Å². The molecular formula is C20H28N2O3S. The summed E-state index contributed by atoms with van der Waals surface area (Å²) in [5, 5.41) is 0. The van der Waals surface area contributed by atoms with E-state index < -0.39 is 10.0 Å². The molecule has 0 N–H and O–H groups in total. The average Bonchev–Trinajstić information content (AvgIpc) is 2.63. The van der Waals surface area contributed by atoms with Gasteiger partial charge >= 0.3 is 0 Å². The smallest absolute Gasteiger partial charge is 0.265 e. The molecule has 1 aromatic carbocycles. The van der Waals surface area contributed by atoms with E-state index in [9.17, 15) is 8.42 Å². The van der Waals surface area contributed by atoms with Crippen molar-refractivity contribution in [1.82, 2.24) is 4.31 Å². The molecule has 1 aliphatic heterocycles. The van der Waals surface area contributed by atoms with Gasteiger partial charge in [-0.2, -0.15) is 0 Å². The Kier molecular flexibility index (Phi) is 5.01. The topological polar surface area (TPSA) is 59.0 Å². The van der Waals surface area contributed by atoms with Gasteiger partial charge in [0.1, 0.15) is 5.84 Å². The molecule has 0 aromatic heterocycles. The second-order valence-electron chi connectivity index (χ2n) is 7.82. The molecule has 0 spiro atoms. The van der Waals surface area contributed by atoms with Gasteiger partial charge in [-0.3, -0.25) is 4.99 Å². The Morgan fingerprint density at radius 3 is 2.50 bits per heavy atom. The molecule has 1 heterocycles. The van der Waals surface area contributed by atoms with Gasteiger partial charge in [0.15, 0.2) is 0 Å². The maximum Gasteiger partial charge on any atom is 0.265 e. The van der Waals surface area contributed by atoms with Crippen molar-refractivity contribution < 1.29 is 13.2 Å². The second-order valence-corrected chi connectivity index (χ2v) is 9.64. The number of aryl methyl sites for hydroxylation is 1. The van der Waals surface area contributed by atoms with Crippen molar-refractivity contribution in [3.63, 3.8) is 0 Å². The number of methoxy groups -OCH3 is 1. The molecule has 142 valence electrons. The van der Waals surface area contributed by atoms with Crippen molar-refractivity contribution in [2.45, 2.75) is 57.0 Å². The number of hydrogen-bond acceptors (Lipinski definition) is 4. The molecule has 2 atom stereocenters. The van der Waals surface area contributed by atoms with Gasteiger partial charge in [0.25, 0.3) is 10.0 Å². The Labute approximate surface area is 156 Å². The third-order valence-electron chi connectivity index (χ3n) is 5.54. The first-order valence-electron chi connectivity index (χ1n) is 9.02. The lowest BCUT2D eigenvalue weighted by molar-refractivity contribution is 0.199. The summed E-state index contributed by atoms with van der Waals surface area (Å²) in [4.78, 5) is 5.13. The van der Waals surface area contributed by atoms with Crippen molar-refractivity contribution in [1.29, 1.82) is 0 Å². The van der Waals surface area contributed by atoms with Crippen molar-refractivity contribution in [2.24, 2.45) is 10.9 Å². The van der Waals surface area contributed by atoms with E-state index in [-0.39, 0.29) is 11.6 Å². The molecular weight excluding hydrogens is 348 g/mol. The third-order valence-corrected chi connectivity index (χ3v) is 7.44. The minimum absolute atomic E-state index is 0.245. The van der Waals surface area contributed by atoms with Gasteiger partial charge in [-0.25, -0.2) is 12.7 Å². The predicted octanol–water partition coefficient (Wildman–Crippen LogP) is 3.55. The van der Waals surface area contributed by atoms with Crippen LogP contribution in [-0.4, -0.2) is 43.9 Å². The van der Waals surface area contributed by atoms with E-state index in [1.165, 1.54) is 4.31 Å². The Hall–Kier alpha value is -1.66. The Morgan fingerprint density at radius 1 is 1.23 bits per heavy atom. The van der Waals surface area contributed by atoms with Gasteiger partial charge < -0.3 is 4.74 Å². The summed E-state index contributed by atoms with van der Waals surface area (Å²) in [5.74, 6) is 0.855. The van der Waals surface area contributed by atoms with Crippen molar-refractivity contribution in [3.8, 4) is 0 Å². The van der Waals surface area contributed by atoms with Crippen LogP contribution in [0, 0.1) is 12.8 Å². The highest BCUT2D eigenvalue weighted by molar-refractivity contribution is 7.89. The number of ether oxygens (including phenoxy) is 1. The number of hydrogen-bond donors (Lipinski definition) is 0. The van der Waals surface area contributed by atoms with Crippen LogP contribution in [0.25, 0.3) is 0 Å². The SMILES string of the molecule is COCC1=CC[C@H]2C[C@@H]1N(S(=O)(=O)c1ccc(C)cc1)C(C)=NC2(C)C. The Morgan fingerprint density at radius 2 is 1.88 bits per heavy atom. The van der Waals surface area contributed by atoms with Gasteiger partial charge in [-0.15, -0.1) is 0 Å². The molecule has 0 radical (unpaired) electrons. The van der Waals surface area contributed by atoms with Crippen LogP contribution in [0.15, 0.2) is 45.8 Å². The number of nitrogens with zero attached hydrogens (tertiary/aromatic N) is 2. The molecule has 2 aliphatic rings. The van der Waals surface area contributed by atoms with E-state index in [0.717, 1.165) is 24.0 Å². The zero-order valence-electron chi connectivity index (χ0n) is 16.2. The monoisotopic (exact) mass is 376 g/mol. The average molecular weight is 377 g/mol. The summed E-state index contributed by atoms with van der Waals surface area (Å²) in [6.07, 6.45) is 3.81. The van der Waals surface area contributed by atoms with Crippen molar-refractivity contribution in [3.05, 3.63) is 41.5 Å². The van der Waals surface area contributed by atoms with E-state index in [0.29, 0.717) is 23.3 Å². The van der Waals surface area contributed by atoms with E-state index in [4.69, 9.17) is 9.73 Å². The first kappa shape index (κ1) is 19.1. The van der Waals surface area contributed by atoms with Crippen LogP contribution >= 0.6 is 0 Å². The van der Waals surface area contributed by atoms with Crippen LogP contribution in [0.4, 0.5) is 0 Å². The van der Waals surface area contributed by atoms with Gasteiger partial charge in [0, 0.05) is 7.11 Å². The summed E-state index contributed by atoms with van der Waals surface area (Å²) in [7, 11) is -2.05. The van der Waals surface area contributed by atoms with Crippen molar-refractivity contribution in [2.75, 3.05) is 13.7 Å². The number of fused-ring (bicyclic) bond motifs is 2. The fourth-order valence-corrected chi connectivity index (χ4v) is 5.69. The van der Waals surface area contributed by atoms with E-state index in [2.05, 4.69) is 19.9 Å². The number of allylic oxidation sites excluding steroid dienone is 1. The highest BCUT2D eigenvalue weighted by Crippen LogP contribution is 2.41. The molecule has 1 aliphatic carbocycles. The lowest BCUT2D eigenvalue weighted by Crippen LogP contribution is -2.46. The van der Waals surface area contributed by atoms with Gasteiger partial charge in [-0.05, 0) is 64.2 Å². The molecule has 6 heteroatoms. The zero-order valence-corrected chi connectivity index (χ0v) is 17.0. The normalized spacial score (nSPS) is 25.3. The molecule has 0 amide bonds. The lowest BCUT2D eigenvalue weighted by Gasteiger charge is -2.37. The highest BCUT2D eigenvalue weighted by Gasteiger charge is 2.44. The van der Waals surface area contributed by atoms with Crippen LogP contribution in [-0.2, 0) is 14.8 Å². The molecule has 5 nitrogen and oxygen atoms in total. The molecule has 0 fully saturated rings. The first-order valence-corrected chi connectivity index (χ1v) is 10.5. The summed E-state index contributed by atoms with van der Waals surface area (Å²) in [5.41, 5.74) is 1.75. The highest BCUT2D eigenvalue weighted by atomic mass is 32.2. The molecule has 3 rings (SSSR count).